The van der Waals surface area contributed by atoms with Crippen LogP contribution in [-0.4, -0.2) is 19.2 Å². The highest BCUT2D eigenvalue weighted by Crippen LogP contribution is 2.42. The first kappa shape index (κ1) is 13.3. The van der Waals surface area contributed by atoms with Crippen molar-refractivity contribution in [2.45, 2.75) is 52.9 Å². The normalized spacial score (nSPS) is 18.8. The van der Waals surface area contributed by atoms with E-state index in [1.807, 2.05) is 6.92 Å². The van der Waals surface area contributed by atoms with Crippen LogP contribution in [0.25, 0.3) is 0 Å². The molecule has 1 amide bonds. The fourth-order valence-corrected chi connectivity index (χ4v) is 2.89. The Morgan fingerprint density at radius 2 is 2.00 bits per heavy atom. The lowest BCUT2D eigenvalue weighted by Gasteiger charge is -2.30. The van der Waals surface area contributed by atoms with E-state index in [9.17, 15) is 4.79 Å². The van der Waals surface area contributed by atoms with Crippen molar-refractivity contribution in [1.29, 1.82) is 0 Å². The standard InChI is InChI=1S/C13H25NO2/c1-4-16-12(15)14-10-13(9-11(2)3)7-5-6-8-13/h11H,4-10H2,1-3H3,(H,14,15). The van der Waals surface area contributed by atoms with E-state index in [4.69, 9.17) is 4.74 Å². The van der Waals surface area contributed by atoms with Crippen LogP contribution in [0.5, 0.6) is 0 Å². The summed E-state index contributed by atoms with van der Waals surface area (Å²) in [5.41, 5.74) is 0.334. The maximum absolute atomic E-state index is 11.3. The fourth-order valence-electron chi connectivity index (χ4n) is 2.89. The zero-order valence-corrected chi connectivity index (χ0v) is 10.8. The molecule has 1 N–H and O–H groups in total. The average molecular weight is 227 g/mol. The molecule has 0 heterocycles. The summed E-state index contributed by atoms with van der Waals surface area (Å²) in [6.45, 7) is 7.57. The molecule has 0 unspecified atom stereocenters. The van der Waals surface area contributed by atoms with E-state index < -0.39 is 0 Å². The van der Waals surface area contributed by atoms with Gasteiger partial charge in [-0.1, -0.05) is 26.7 Å². The van der Waals surface area contributed by atoms with E-state index in [0.29, 0.717) is 17.9 Å². The second-order valence-electron chi connectivity index (χ2n) is 5.38. The second kappa shape index (κ2) is 6.12. The van der Waals surface area contributed by atoms with Gasteiger partial charge in [-0.05, 0) is 37.5 Å². The number of nitrogens with one attached hydrogen (secondary N) is 1. The molecule has 0 aromatic carbocycles. The van der Waals surface area contributed by atoms with E-state index in [-0.39, 0.29) is 6.09 Å². The van der Waals surface area contributed by atoms with Gasteiger partial charge in [-0.15, -0.1) is 0 Å². The lowest BCUT2D eigenvalue weighted by atomic mass is 9.78. The first-order chi connectivity index (χ1) is 7.58. The molecule has 3 nitrogen and oxygen atoms in total. The number of hydrogen-bond donors (Lipinski definition) is 1. The zero-order valence-electron chi connectivity index (χ0n) is 10.8. The van der Waals surface area contributed by atoms with E-state index in [2.05, 4.69) is 19.2 Å². The van der Waals surface area contributed by atoms with Crippen LogP contribution < -0.4 is 5.32 Å². The third-order valence-electron chi connectivity index (χ3n) is 3.39. The maximum Gasteiger partial charge on any atom is 0.407 e. The Morgan fingerprint density at radius 3 is 2.50 bits per heavy atom. The Balaban J connectivity index is 2.42. The van der Waals surface area contributed by atoms with Crippen molar-refractivity contribution in [3.63, 3.8) is 0 Å². The summed E-state index contributed by atoms with van der Waals surface area (Å²) in [5.74, 6) is 0.696. The summed E-state index contributed by atoms with van der Waals surface area (Å²) < 4.78 is 4.90. The van der Waals surface area contributed by atoms with E-state index in [0.717, 1.165) is 6.54 Å². The molecule has 1 rings (SSSR count). The summed E-state index contributed by atoms with van der Waals surface area (Å²) in [7, 11) is 0. The van der Waals surface area contributed by atoms with Crippen molar-refractivity contribution >= 4 is 6.09 Å². The lowest BCUT2D eigenvalue weighted by Crippen LogP contribution is -2.37. The number of hydrogen-bond acceptors (Lipinski definition) is 2. The van der Waals surface area contributed by atoms with Crippen LogP contribution in [-0.2, 0) is 4.74 Å². The monoisotopic (exact) mass is 227 g/mol. The molecule has 0 aliphatic heterocycles. The number of alkyl carbamates (subject to hydrolysis) is 1. The third-order valence-corrected chi connectivity index (χ3v) is 3.39. The largest absolute Gasteiger partial charge is 0.450 e. The molecule has 1 saturated carbocycles. The van der Waals surface area contributed by atoms with Gasteiger partial charge in [-0.2, -0.15) is 0 Å². The quantitative estimate of drug-likeness (QED) is 0.782. The molecule has 94 valence electrons. The first-order valence-corrected chi connectivity index (χ1v) is 6.48. The van der Waals surface area contributed by atoms with Crippen molar-refractivity contribution < 1.29 is 9.53 Å². The van der Waals surface area contributed by atoms with E-state index >= 15 is 0 Å². The smallest absolute Gasteiger partial charge is 0.407 e. The van der Waals surface area contributed by atoms with Crippen molar-refractivity contribution in [2.24, 2.45) is 11.3 Å². The predicted molar refractivity (Wildman–Crippen MR) is 65.4 cm³/mol. The van der Waals surface area contributed by atoms with Gasteiger partial charge in [-0.25, -0.2) is 4.79 Å². The van der Waals surface area contributed by atoms with Crippen LogP contribution in [0.3, 0.4) is 0 Å². The number of carbonyl (C=O) groups excluding carboxylic acids is 1. The Hall–Kier alpha value is -0.730. The Labute approximate surface area is 98.9 Å². The minimum Gasteiger partial charge on any atom is -0.450 e. The van der Waals surface area contributed by atoms with Gasteiger partial charge < -0.3 is 10.1 Å². The molecule has 1 fully saturated rings. The highest BCUT2D eigenvalue weighted by Gasteiger charge is 2.34. The zero-order chi connectivity index (χ0) is 12.0. The molecular formula is C13H25NO2. The summed E-state index contributed by atoms with van der Waals surface area (Å²) >= 11 is 0. The van der Waals surface area contributed by atoms with Gasteiger partial charge in [0.1, 0.15) is 0 Å². The van der Waals surface area contributed by atoms with Gasteiger partial charge in [0.05, 0.1) is 6.61 Å². The summed E-state index contributed by atoms with van der Waals surface area (Å²) in [4.78, 5) is 11.3. The van der Waals surface area contributed by atoms with Crippen molar-refractivity contribution in [3.05, 3.63) is 0 Å². The van der Waals surface area contributed by atoms with Gasteiger partial charge in [0.25, 0.3) is 0 Å². The Morgan fingerprint density at radius 1 is 1.38 bits per heavy atom. The van der Waals surface area contributed by atoms with Crippen molar-refractivity contribution in [2.75, 3.05) is 13.2 Å². The molecule has 3 heteroatoms. The minimum atomic E-state index is -0.266. The van der Waals surface area contributed by atoms with E-state index in [1.54, 1.807) is 0 Å². The van der Waals surface area contributed by atoms with Crippen LogP contribution >= 0.6 is 0 Å². The molecular weight excluding hydrogens is 202 g/mol. The maximum atomic E-state index is 11.3. The lowest BCUT2D eigenvalue weighted by molar-refractivity contribution is 0.141. The van der Waals surface area contributed by atoms with Gasteiger partial charge in [0, 0.05) is 6.54 Å². The highest BCUT2D eigenvalue weighted by molar-refractivity contribution is 5.67. The minimum absolute atomic E-state index is 0.266. The average Bonchev–Trinajstić information content (AvgIpc) is 2.64. The van der Waals surface area contributed by atoms with Crippen LogP contribution in [0.2, 0.25) is 0 Å². The Bertz CT molecular complexity index is 220. The van der Waals surface area contributed by atoms with Crippen LogP contribution in [0, 0.1) is 11.3 Å². The molecule has 0 radical (unpaired) electrons. The number of carbonyl (C=O) groups is 1. The first-order valence-electron chi connectivity index (χ1n) is 6.48. The van der Waals surface area contributed by atoms with E-state index in [1.165, 1.54) is 32.1 Å². The molecule has 0 saturated heterocycles. The molecule has 0 spiro atoms. The van der Waals surface area contributed by atoms with Gasteiger partial charge in [0.15, 0.2) is 0 Å². The predicted octanol–water partition coefficient (Wildman–Crippen LogP) is 3.34. The van der Waals surface area contributed by atoms with Crippen LogP contribution in [0.15, 0.2) is 0 Å². The number of rotatable bonds is 5. The SMILES string of the molecule is CCOC(=O)NCC1(CC(C)C)CCCC1. The highest BCUT2D eigenvalue weighted by atomic mass is 16.5. The van der Waals surface area contributed by atoms with Gasteiger partial charge in [0.2, 0.25) is 0 Å². The second-order valence-corrected chi connectivity index (χ2v) is 5.38. The Kier molecular flexibility index (Phi) is 5.10. The molecule has 0 aromatic heterocycles. The topological polar surface area (TPSA) is 38.3 Å². The molecule has 1 aliphatic rings. The fraction of sp³-hybridized carbons (Fsp3) is 0.923. The van der Waals surface area contributed by atoms with Crippen molar-refractivity contribution in [1.82, 2.24) is 5.32 Å². The van der Waals surface area contributed by atoms with Gasteiger partial charge in [-0.3, -0.25) is 0 Å². The molecule has 1 aliphatic carbocycles. The summed E-state index contributed by atoms with van der Waals surface area (Å²) in [6.07, 6.45) is 6.04. The summed E-state index contributed by atoms with van der Waals surface area (Å²) in [6, 6.07) is 0. The molecule has 0 aromatic rings. The molecule has 16 heavy (non-hydrogen) atoms. The number of amides is 1. The molecule has 0 atom stereocenters. The molecule has 0 bridgehead atoms. The third kappa shape index (κ3) is 4.03. The summed E-state index contributed by atoms with van der Waals surface area (Å²) in [5, 5.41) is 2.91. The van der Waals surface area contributed by atoms with Gasteiger partial charge >= 0.3 is 6.09 Å². The van der Waals surface area contributed by atoms with Crippen molar-refractivity contribution in [3.8, 4) is 0 Å². The number of ether oxygens (including phenoxy) is 1. The van der Waals surface area contributed by atoms with Crippen LogP contribution in [0.4, 0.5) is 4.79 Å². The van der Waals surface area contributed by atoms with Crippen LogP contribution in [0.1, 0.15) is 52.9 Å².